The van der Waals surface area contributed by atoms with E-state index in [0.717, 1.165) is 12.0 Å². The van der Waals surface area contributed by atoms with E-state index in [1.165, 1.54) is 5.56 Å². The third-order valence-corrected chi connectivity index (χ3v) is 4.17. The maximum atomic E-state index is 12.3. The summed E-state index contributed by atoms with van der Waals surface area (Å²) in [5.74, 6) is -0.652. The molecule has 0 aliphatic carbocycles. The number of amides is 1. The van der Waals surface area contributed by atoms with Crippen molar-refractivity contribution in [2.24, 2.45) is 0 Å². The fraction of sp³-hybridized carbons (Fsp3) is 0.333. The summed E-state index contributed by atoms with van der Waals surface area (Å²) in [7, 11) is 0. The first kappa shape index (κ1) is 18.7. The highest BCUT2D eigenvalue weighted by atomic mass is 16.4. The monoisotopic (exact) mass is 339 g/mol. The molecule has 0 saturated heterocycles. The van der Waals surface area contributed by atoms with Crippen molar-refractivity contribution in [2.75, 3.05) is 6.54 Å². The van der Waals surface area contributed by atoms with Crippen LogP contribution in [0.2, 0.25) is 0 Å². The van der Waals surface area contributed by atoms with Crippen LogP contribution < -0.4 is 5.32 Å². The molecule has 2 N–H and O–H groups in total. The van der Waals surface area contributed by atoms with Crippen LogP contribution in [0.5, 0.6) is 0 Å². The topological polar surface area (TPSA) is 66.4 Å². The molecule has 4 heteroatoms. The van der Waals surface area contributed by atoms with Gasteiger partial charge in [0.1, 0.15) is 0 Å². The van der Waals surface area contributed by atoms with Crippen LogP contribution in [0.3, 0.4) is 0 Å². The summed E-state index contributed by atoms with van der Waals surface area (Å²) in [6.07, 6.45) is 2.67. The molecule has 132 valence electrons. The number of hydrogen-bond acceptors (Lipinski definition) is 2. The molecule has 4 nitrogen and oxygen atoms in total. The fourth-order valence-electron chi connectivity index (χ4n) is 2.86. The summed E-state index contributed by atoms with van der Waals surface area (Å²) < 4.78 is 0. The number of nitrogens with one attached hydrogen (secondary N) is 1. The Bertz CT molecular complexity index is 655. The van der Waals surface area contributed by atoms with Gasteiger partial charge in [-0.15, -0.1) is 0 Å². The van der Waals surface area contributed by atoms with E-state index >= 15 is 0 Å². The first-order valence-electron chi connectivity index (χ1n) is 8.72. The zero-order chi connectivity index (χ0) is 17.9. The Labute approximate surface area is 148 Å². The van der Waals surface area contributed by atoms with Gasteiger partial charge in [0.2, 0.25) is 5.91 Å². The minimum Gasteiger partial charge on any atom is -0.481 e. The number of benzene rings is 2. The van der Waals surface area contributed by atoms with Gasteiger partial charge >= 0.3 is 5.97 Å². The number of carboxylic acid groups (broad SMARTS) is 1. The third-order valence-electron chi connectivity index (χ3n) is 4.17. The van der Waals surface area contributed by atoms with Crippen LogP contribution in [0.4, 0.5) is 0 Å². The Balaban J connectivity index is 1.89. The first-order chi connectivity index (χ1) is 12.1. The van der Waals surface area contributed by atoms with E-state index in [0.29, 0.717) is 25.8 Å². The molecule has 0 saturated carbocycles. The van der Waals surface area contributed by atoms with Gasteiger partial charge in [-0.3, -0.25) is 9.59 Å². The summed E-state index contributed by atoms with van der Waals surface area (Å²) in [6.45, 7) is 0.527. The van der Waals surface area contributed by atoms with E-state index in [-0.39, 0.29) is 18.2 Å². The number of hydrogen-bond donors (Lipinski definition) is 2. The van der Waals surface area contributed by atoms with E-state index in [1.54, 1.807) is 0 Å². The van der Waals surface area contributed by atoms with E-state index in [1.807, 2.05) is 36.4 Å². The van der Waals surface area contributed by atoms with Gasteiger partial charge in [0.15, 0.2) is 0 Å². The lowest BCUT2D eigenvalue weighted by Gasteiger charge is -2.17. The predicted molar refractivity (Wildman–Crippen MR) is 98.4 cm³/mol. The summed E-state index contributed by atoms with van der Waals surface area (Å²) >= 11 is 0. The van der Waals surface area contributed by atoms with Gasteiger partial charge in [-0.25, -0.2) is 0 Å². The second-order valence-corrected chi connectivity index (χ2v) is 6.20. The molecule has 1 unspecified atom stereocenters. The minimum atomic E-state index is -0.793. The van der Waals surface area contributed by atoms with Gasteiger partial charge in [0.25, 0.3) is 0 Å². The molecule has 1 amide bonds. The maximum Gasteiger partial charge on any atom is 0.303 e. The summed E-state index contributed by atoms with van der Waals surface area (Å²) in [6, 6.07) is 20.3. The Morgan fingerprint density at radius 1 is 0.920 bits per heavy atom. The third kappa shape index (κ3) is 7.21. The number of carbonyl (C=O) groups excluding carboxylic acids is 1. The van der Waals surface area contributed by atoms with Crippen LogP contribution >= 0.6 is 0 Å². The molecule has 0 spiro atoms. The average Bonchev–Trinajstić information content (AvgIpc) is 2.62. The molecule has 0 radical (unpaired) electrons. The average molecular weight is 339 g/mol. The normalized spacial score (nSPS) is 11.7. The summed E-state index contributed by atoms with van der Waals surface area (Å²) in [5.41, 5.74) is 2.37. The largest absolute Gasteiger partial charge is 0.481 e. The highest BCUT2D eigenvalue weighted by Gasteiger charge is 2.16. The highest BCUT2D eigenvalue weighted by molar-refractivity contribution is 5.77. The molecular weight excluding hydrogens is 314 g/mol. The van der Waals surface area contributed by atoms with Crippen LogP contribution in [0.15, 0.2) is 60.7 Å². The maximum absolute atomic E-state index is 12.3. The Kier molecular flexibility index (Phi) is 7.70. The number of aliphatic carboxylic acids is 1. The van der Waals surface area contributed by atoms with Crippen LogP contribution in [0.1, 0.15) is 42.7 Å². The number of unbranched alkanes of at least 4 members (excludes halogenated alkanes) is 1. The van der Waals surface area contributed by atoms with E-state index in [2.05, 4.69) is 29.6 Å². The van der Waals surface area contributed by atoms with Gasteiger partial charge in [0, 0.05) is 19.4 Å². The van der Waals surface area contributed by atoms with Crippen molar-refractivity contribution in [1.82, 2.24) is 5.32 Å². The number of carboxylic acids is 1. The molecule has 0 aliphatic rings. The van der Waals surface area contributed by atoms with Crippen LogP contribution in [0.25, 0.3) is 0 Å². The van der Waals surface area contributed by atoms with E-state index in [9.17, 15) is 9.59 Å². The first-order valence-corrected chi connectivity index (χ1v) is 8.72. The minimum absolute atomic E-state index is 0.0140. The van der Waals surface area contributed by atoms with Gasteiger partial charge < -0.3 is 10.4 Å². The lowest BCUT2D eigenvalue weighted by Crippen LogP contribution is -2.26. The second kappa shape index (κ2) is 10.3. The van der Waals surface area contributed by atoms with E-state index in [4.69, 9.17) is 5.11 Å². The quantitative estimate of drug-likeness (QED) is 0.648. The van der Waals surface area contributed by atoms with Gasteiger partial charge in [0.05, 0.1) is 0 Å². The van der Waals surface area contributed by atoms with Gasteiger partial charge in [-0.2, -0.15) is 0 Å². The van der Waals surface area contributed by atoms with Crippen molar-refractivity contribution < 1.29 is 14.7 Å². The SMILES string of the molecule is O=C(O)CCCCNC(=O)CC(Cc1ccccc1)c1ccccc1. The van der Waals surface area contributed by atoms with Crippen molar-refractivity contribution in [2.45, 2.75) is 38.0 Å². The Hall–Kier alpha value is -2.62. The molecule has 2 aromatic rings. The van der Waals surface area contributed by atoms with Crippen molar-refractivity contribution in [3.8, 4) is 0 Å². The summed E-state index contributed by atoms with van der Waals surface area (Å²) in [4.78, 5) is 22.8. The molecule has 0 bridgehead atoms. The van der Waals surface area contributed by atoms with Gasteiger partial charge in [-0.1, -0.05) is 60.7 Å². The lowest BCUT2D eigenvalue weighted by molar-refractivity contribution is -0.137. The standard InChI is InChI=1S/C21H25NO3/c23-20(22-14-8-7-13-21(24)25)16-19(18-11-5-2-6-12-18)15-17-9-3-1-4-10-17/h1-6,9-12,19H,7-8,13-16H2,(H,22,23)(H,24,25). The molecular formula is C21H25NO3. The molecule has 1 atom stereocenters. The Morgan fingerprint density at radius 3 is 2.20 bits per heavy atom. The van der Waals surface area contributed by atoms with Crippen molar-refractivity contribution in [1.29, 1.82) is 0 Å². The van der Waals surface area contributed by atoms with Crippen molar-refractivity contribution in [3.05, 3.63) is 71.8 Å². The molecule has 2 aromatic carbocycles. The zero-order valence-electron chi connectivity index (χ0n) is 14.4. The molecule has 0 fully saturated rings. The van der Waals surface area contributed by atoms with Crippen molar-refractivity contribution >= 4 is 11.9 Å². The smallest absolute Gasteiger partial charge is 0.303 e. The molecule has 0 heterocycles. The Morgan fingerprint density at radius 2 is 1.56 bits per heavy atom. The lowest BCUT2D eigenvalue weighted by atomic mass is 9.89. The number of rotatable bonds is 10. The van der Waals surface area contributed by atoms with Crippen LogP contribution in [-0.4, -0.2) is 23.5 Å². The van der Waals surface area contributed by atoms with Gasteiger partial charge in [-0.05, 0) is 36.3 Å². The van der Waals surface area contributed by atoms with Crippen LogP contribution in [0, 0.1) is 0 Å². The number of carbonyl (C=O) groups is 2. The van der Waals surface area contributed by atoms with E-state index < -0.39 is 5.97 Å². The highest BCUT2D eigenvalue weighted by Crippen LogP contribution is 2.24. The molecule has 0 aromatic heterocycles. The molecule has 0 aliphatic heterocycles. The van der Waals surface area contributed by atoms with Crippen molar-refractivity contribution in [3.63, 3.8) is 0 Å². The zero-order valence-corrected chi connectivity index (χ0v) is 14.4. The molecule has 25 heavy (non-hydrogen) atoms. The molecule has 2 rings (SSSR count). The summed E-state index contributed by atoms with van der Waals surface area (Å²) in [5, 5.41) is 11.5. The van der Waals surface area contributed by atoms with Crippen LogP contribution in [-0.2, 0) is 16.0 Å². The fourth-order valence-corrected chi connectivity index (χ4v) is 2.86. The second-order valence-electron chi connectivity index (χ2n) is 6.20. The predicted octanol–water partition coefficient (Wildman–Crippen LogP) is 3.77.